The van der Waals surface area contributed by atoms with Crippen LogP contribution < -0.4 is 5.32 Å². The molecule has 1 aromatic carbocycles. The molecule has 5 nitrogen and oxygen atoms in total. The molecule has 2 rings (SSSR count). The van der Waals surface area contributed by atoms with Crippen LogP contribution in [0.3, 0.4) is 0 Å². The number of hydrogen-bond acceptors (Lipinski definition) is 2. The fraction of sp³-hybridized carbons (Fsp3) is 0.0769. The van der Waals surface area contributed by atoms with Crippen molar-refractivity contribution in [3.63, 3.8) is 0 Å². The van der Waals surface area contributed by atoms with Gasteiger partial charge in [-0.3, -0.25) is 4.79 Å². The summed E-state index contributed by atoms with van der Waals surface area (Å²) in [6, 6.07) is 8.44. The zero-order valence-corrected chi connectivity index (χ0v) is 13.3. The predicted molar refractivity (Wildman–Crippen MR) is 81.9 cm³/mol. The highest BCUT2D eigenvalue weighted by Gasteiger charge is 2.12. The van der Waals surface area contributed by atoms with Gasteiger partial charge in [-0.15, -0.1) is 0 Å². The Labute approximate surface area is 131 Å². The molecular weight excluding hydrogens is 392 g/mol. The summed E-state index contributed by atoms with van der Waals surface area (Å²) in [7, 11) is 0. The number of carbonyl (C=O) groups excluding carboxylic acids is 1. The summed E-state index contributed by atoms with van der Waals surface area (Å²) in [6.07, 6.45) is 1.55. The van der Waals surface area contributed by atoms with Crippen molar-refractivity contribution in [3.8, 4) is 0 Å². The Bertz CT molecular complexity index is 667. The molecule has 2 N–H and O–H groups in total. The van der Waals surface area contributed by atoms with Gasteiger partial charge in [0.2, 0.25) is 5.91 Å². The van der Waals surface area contributed by atoms with Gasteiger partial charge in [-0.05, 0) is 46.3 Å². The standard InChI is InChI=1S/C13H10Br2N2O3/c14-8-3-4-9(15)10(6-8)16-12(18)7-17-5-1-2-11(17)13(19)20/h1-6H,7H2,(H,16,18)(H,19,20). The van der Waals surface area contributed by atoms with Crippen LogP contribution in [0.2, 0.25) is 0 Å². The molecule has 2 aromatic rings. The molecule has 20 heavy (non-hydrogen) atoms. The number of rotatable bonds is 4. The quantitative estimate of drug-likeness (QED) is 0.825. The minimum absolute atomic E-state index is 0.0619. The van der Waals surface area contributed by atoms with Crippen LogP contribution in [0.1, 0.15) is 10.5 Å². The van der Waals surface area contributed by atoms with Crippen molar-refractivity contribution in [2.45, 2.75) is 6.54 Å². The van der Waals surface area contributed by atoms with Crippen LogP contribution in [0.25, 0.3) is 0 Å². The third kappa shape index (κ3) is 3.49. The van der Waals surface area contributed by atoms with Crippen molar-refractivity contribution in [1.82, 2.24) is 4.57 Å². The number of nitrogens with zero attached hydrogens (tertiary/aromatic N) is 1. The van der Waals surface area contributed by atoms with Gasteiger partial charge >= 0.3 is 5.97 Å². The monoisotopic (exact) mass is 400 g/mol. The Morgan fingerprint density at radius 3 is 2.70 bits per heavy atom. The van der Waals surface area contributed by atoms with Crippen molar-refractivity contribution in [2.75, 3.05) is 5.32 Å². The molecular formula is C13H10Br2N2O3. The number of aromatic nitrogens is 1. The van der Waals surface area contributed by atoms with E-state index in [0.29, 0.717) is 5.69 Å². The number of carbonyl (C=O) groups is 2. The number of halogens is 2. The van der Waals surface area contributed by atoms with Crippen LogP contribution in [-0.2, 0) is 11.3 Å². The molecule has 0 radical (unpaired) electrons. The largest absolute Gasteiger partial charge is 0.477 e. The van der Waals surface area contributed by atoms with Crippen molar-refractivity contribution in [2.24, 2.45) is 0 Å². The van der Waals surface area contributed by atoms with Crippen LogP contribution in [0, 0.1) is 0 Å². The average molecular weight is 402 g/mol. The fourth-order valence-corrected chi connectivity index (χ4v) is 2.39. The van der Waals surface area contributed by atoms with Gasteiger partial charge in [0.15, 0.2) is 0 Å². The number of carboxylic acids is 1. The van der Waals surface area contributed by atoms with Gasteiger partial charge in [-0.25, -0.2) is 4.79 Å². The van der Waals surface area contributed by atoms with Gasteiger partial charge in [0, 0.05) is 15.1 Å². The van der Waals surface area contributed by atoms with E-state index in [1.807, 2.05) is 6.07 Å². The molecule has 0 atom stereocenters. The van der Waals surface area contributed by atoms with Crippen LogP contribution in [0.4, 0.5) is 5.69 Å². The van der Waals surface area contributed by atoms with Gasteiger partial charge in [-0.1, -0.05) is 15.9 Å². The molecule has 0 aliphatic heterocycles. The average Bonchev–Trinajstić information content (AvgIpc) is 2.82. The van der Waals surface area contributed by atoms with E-state index in [9.17, 15) is 9.59 Å². The van der Waals surface area contributed by atoms with E-state index in [1.165, 1.54) is 10.6 Å². The van der Waals surface area contributed by atoms with Crippen LogP contribution >= 0.6 is 31.9 Å². The first kappa shape index (κ1) is 14.8. The Morgan fingerprint density at radius 1 is 1.25 bits per heavy atom. The lowest BCUT2D eigenvalue weighted by atomic mass is 10.3. The number of anilines is 1. The Hall–Kier alpha value is -1.60. The number of aromatic carboxylic acids is 1. The van der Waals surface area contributed by atoms with Crippen LogP contribution in [0.5, 0.6) is 0 Å². The van der Waals surface area contributed by atoms with Crippen molar-refractivity contribution >= 4 is 49.4 Å². The lowest BCUT2D eigenvalue weighted by Gasteiger charge is -2.09. The van der Waals surface area contributed by atoms with Crippen molar-refractivity contribution < 1.29 is 14.7 Å². The summed E-state index contributed by atoms with van der Waals surface area (Å²) in [5.41, 5.74) is 0.696. The number of amides is 1. The van der Waals surface area contributed by atoms with Crippen molar-refractivity contribution in [3.05, 3.63) is 51.2 Å². The van der Waals surface area contributed by atoms with Crippen molar-refractivity contribution in [1.29, 1.82) is 0 Å². The van der Waals surface area contributed by atoms with E-state index >= 15 is 0 Å². The molecule has 104 valence electrons. The van der Waals surface area contributed by atoms with Gasteiger partial charge < -0.3 is 15.0 Å². The second-order valence-corrected chi connectivity index (χ2v) is 5.77. The second kappa shape index (κ2) is 6.23. The summed E-state index contributed by atoms with van der Waals surface area (Å²) in [6.45, 7) is -0.0619. The topological polar surface area (TPSA) is 71.3 Å². The summed E-state index contributed by atoms with van der Waals surface area (Å²) >= 11 is 6.66. The first-order valence-electron chi connectivity index (χ1n) is 5.60. The lowest BCUT2D eigenvalue weighted by molar-refractivity contribution is -0.116. The van der Waals surface area contributed by atoms with E-state index < -0.39 is 5.97 Å². The predicted octanol–water partition coefficient (Wildman–Crippen LogP) is 3.35. The molecule has 0 spiro atoms. The molecule has 0 aliphatic carbocycles. The van der Waals surface area contributed by atoms with Gasteiger partial charge in [0.05, 0.1) is 5.69 Å². The lowest BCUT2D eigenvalue weighted by Crippen LogP contribution is -2.21. The van der Waals surface area contributed by atoms with E-state index in [4.69, 9.17) is 5.11 Å². The van der Waals surface area contributed by atoms with E-state index in [0.717, 1.165) is 8.95 Å². The highest BCUT2D eigenvalue weighted by molar-refractivity contribution is 9.11. The highest BCUT2D eigenvalue weighted by Crippen LogP contribution is 2.26. The summed E-state index contributed by atoms with van der Waals surface area (Å²) < 4.78 is 2.96. The molecule has 0 bridgehead atoms. The van der Waals surface area contributed by atoms with E-state index in [1.54, 1.807) is 24.4 Å². The second-order valence-electron chi connectivity index (χ2n) is 4.00. The summed E-state index contributed by atoms with van der Waals surface area (Å²) in [5.74, 6) is -1.37. The van der Waals surface area contributed by atoms with E-state index in [-0.39, 0.29) is 18.1 Å². The maximum absolute atomic E-state index is 12.0. The molecule has 1 heterocycles. The third-order valence-electron chi connectivity index (χ3n) is 2.57. The molecule has 0 fully saturated rings. The maximum atomic E-state index is 12.0. The van der Waals surface area contributed by atoms with Gasteiger partial charge in [0.1, 0.15) is 12.2 Å². The Morgan fingerprint density at radius 2 is 2.00 bits per heavy atom. The first-order valence-corrected chi connectivity index (χ1v) is 7.19. The number of hydrogen-bond donors (Lipinski definition) is 2. The fourth-order valence-electron chi connectivity index (χ4n) is 1.68. The normalized spacial score (nSPS) is 10.3. The molecule has 0 aliphatic rings. The Kier molecular flexibility index (Phi) is 4.61. The molecule has 0 unspecified atom stereocenters. The summed E-state index contributed by atoms with van der Waals surface area (Å²) in [5, 5.41) is 11.7. The third-order valence-corrected chi connectivity index (χ3v) is 3.75. The van der Waals surface area contributed by atoms with Gasteiger partial charge in [-0.2, -0.15) is 0 Å². The maximum Gasteiger partial charge on any atom is 0.352 e. The van der Waals surface area contributed by atoms with E-state index in [2.05, 4.69) is 37.2 Å². The Balaban J connectivity index is 2.11. The molecule has 1 aromatic heterocycles. The number of nitrogens with one attached hydrogen (secondary N) is 1. The minimum atomic E-state index is -1.06. The molecule has 0 saturated carbocycles. The zero-order chi connectivity index (χ0) is 14.7. The SMILES string of the molecule is O=C(Cn1cccc1C(=O)O)Nc1cc(Br)ccc1Br. The number of carboxylic acid groups (broad SMARTS) is 1. The smallest absolute Gasteiger partial charge is 0.352 e. The first-order chi connectivity index (χ1) is 9.47. The highest BCUT2D eigenvalue weighted by atomic mass is 79.9. The van der Waals surface area contributed by atoms with Crippen LogP contribution in [-0.4, -0.2) is 21.6 Å². The molecule has 1 amide bonds. The summed E-state index contributed by atoms with van der Waals surface area (Å²) in [4.78, 5) is 22.9. The van der Waals surface area contributed by atoms with Gasteiger partial charge in [0.25, 0.3) is 0 Å². The molecule has 7 heteroatoms. The zero-order valence-electron chi connectivity index (χ0n) is 10.1. The molecule has 0 saturated heterocycles. The number of benzene rings is 1. The van der Waals surface area contributed by atoms with Crippen LogP contribution in [0.15, 0.2) is 45.5 Å². The minimum Gasteiger partial charge on any atom is -0.477 e.